The zero-order chi connectivity index (χ0) is 14.9. The van der Waals surface area contributed by atoms with Crippen molar-refractivity contribution >= 4 is 51.7 Å². The lowest BCUT2D eigenvalue weighted by Gasteiger charge is -2.33. The van der Waals surface area contributed by atoms with Gasteiger partial charge in [-0.05, 0) is 53.1 Å². The van der Waals surface area contributed by atoms with Gasteiger partial charge in [0.2, 0.25) is 11.8 Å². The first-order valence-electron chi connectivity index (χ1n) is 6.44. The Labute approximate surface area is 137 Å². The predicted molar refractivity (Wildman–Crippen MR) is 87.9 cm³/mol. The van der Waals surface area contributed by atoms with E-state index in [4.69, 9.17) is 11.6 Å². The van der Waals surface area contributed by atoms with E-state index in [0.29, 0.717) is 17.4 Å². The highest BCUT2D eigenvalue weighted by Gasteiger charge is 2.34. The Morgan fingerprint density at radius 1 is 1.45 bits per heavy atom. The summed E-state index contributed by atoms with van der Waals surface area (Å²) in [5.74, 6) is 0.160. The fraction of sp³-hybridized carbons (Fsp3) is 0.429. The lowest BCUT2D eigenvalue weighted by atomic mass is 10.0. The van der Waals surface area contributed by atoms with E-state index in [0.717, 1.165) is 9.26 Å². The molecule has 1 unspecified atom stereocenters. The Morgan fingerprint density at radius 2 is 2.15 bits per heavy atom. The van der Waals surface area contributed by atoms with Crippen molar-refractivity contribution in [3.8, 4) is 0 Å². The fourth-order valence-electron chi connectivity index (χ4n) is 2.25. The normalized spacial score (nSPS) is 19.4. The summed E-state index contributed by atoms with van der Waals surface area (Å²) in [6, 6.07) is 4.86. The number of nitrogens with one attached hydrogen (secondary N) is 1. The molecule has 1 aliphatic rings. The number of halogens is 2. The highest BCUT2D eigenvalue weighted by Crippen LogP contribution is 2.28. The first-order valence-corrected chi connectivity index (χ1v) is 7.90. The summed E-state index contributed by atoms with van der Waals surface area (Å²) in [7, 11) is 0. The molecule has 0 saturated carbocycles. The average Bonchev–Trinajstić information content (AvgIpc) is 2.33. The van der Waals surface area contributed by atoms with Crippen LogP contribution in [0.3, 0.4) is 0 Å². The molecule has 1 aromatic carbocycles. The minimum absolute atomic E-state index is 0.0569. The molecule has 0 bridgehead atoms. The van der Waals surface area contributed by atoms with Gasteiger partial charge in [-0.25, -0.2) is 0 Å². The van der Waals surface area contributed by atoms with Gasteiger partial charge in [0.25, 0.3) is 0 Å². The minimum atomic E-state index is -0.442. The highest BCUT2D eigenvalue weighted by molar-refractivity contribution is 14.1. The average molecular weight is 407 g/mol. The maximum Gasteiger partial charge on any atom is 0.250 e. The highest BCUT2D eigenvalue weighted by atomic mass is 127. The van der Waals surface area contributed by atoms with Crippen LogP contribution in [0.2, 0.25) is 5.02 Å². The SMILES string of the molecule is CC(C)CC1NC(=O)CN(c2ccc(Cl)cc2I)C1=O. The van der Waals surface area contributed by atoms with Crippen molar-refractivity contribution in [3.63, 3.8) is 0 Å². The van der Waals surface area contributed by atoms with Crippen LogP contribution in [0.4, 0.5) is 5.69 Å². The van der Waals surface area contributed by atoms with E-state index in [-0.39, 0.29) is 18.4 Å². The van der Waals surface area contributed by atoms with Gasteiger partial charge in [0.05, 0.1) is 5.69 Å². The van der Waals surface area contributed by atoms with E-state index in [1.807, 2.05) is 13.8 Å². The Hall–Kier alpha value is -0.820. The second-order valence-corrected chi connectivity index (χ2v) is 6.87. The summed E-state index contributed by atoms with van der Waals surface area (Å²) in [4.78, 5) is 25.9. The van der Waals surface area contributed by atoms with Crippen molar-refractivity contribution in [1.82, 2.24) is 5.32 Å². The van der Waals surface area contributed by atoms with Crippen molar-refractivity contribution in [2.75, 3.05) is 11.4 Å². The van der Waals surface area contributed by atoms with Crippen molar-refractivity contribution in [1.29, 1.82) is 0 Å². The molecular weight excluding hydrogens is 391 g/mol. The summed E-state index contributed by atoms with van der Waals surface area (Å²) < 4.78 is 0.862. The molecule has 1 N–H and O–H groups in total. The Balaban J connectivity index is 2.30. The van der Waals surface area contributed by atoms with Gasteiger partial charge >= 0.3 is 0 Å². The van der Waals surface area contributed by atoms with Gasteiger partial charge in [-0.1, -0.05) is 25.4 Å². The molecular formula is C14H16ClIN2O2. The molecule has 2 rings (SSSR count). The molecule has 1 saturated heterocycles. The third-order valence-corrected chi connectivity index (χ3v) is 4.21. The van der Waals surface area contributed by atoms with E-state index in [2.05, 4.69) is 27.9 Å². The number of nitrogens with zero attached hydrogens (tertiary/aromatic N) is 1. The number of rotatable bonds is 3. The van der Waals surface area contributed by atoms with Crippen LogP contribution in [0.1, 0.15) is 20.3 Å². The molecule has 20 heavy (non-hydrogen) atoms. The van der Waals surface area contributed by atoms with E-state index in [1.54, 1.807) is 23.1 Å². The topological polar surface area (TPSA) is 49.4 Å². The lowest BCUT2D eigenvalue weighted by Crippen LogP contribution is -2.58. The minimum Gasteiger partial charge on any atom is -0.343 e. The zero-order valence-electron chi connectivity index (χ0n) is 11.3. The van der Waals surface area contributed by atoms with Gasteiger partial charge in [0.1, 0.15) is 12.6 Å². The molecule has 1 aliphatic heterocycles. The summed E-state index contributed by atoms with van der Waals surface area (Å²) in [6.07, 6.45) is 0.644. The molecule has 4 nitrogen and oxygen atoms in total. The van der Waals surface area contributed by atoms with Crippen LogP contribution in [0, 0.1) is 9.49 Å². The molecule has 0 aromatic heterocycles. The Kier molecular flexibility index (Phi) is 4.90. The van der Waals surface area contributed by atoms with Crippen LogP contribution in [-0.4, -0.2) is 24.4 Å². The van der Waals surface area contributed by atoms with Crippen molar-refractivity contribution in [3.05, 3.63) is 26.8 Å². The molecule has 1 aromatic rings. The van der Waals surface area contributed by atoms with E-state index in [9.17, 15) is 9.59 Å². The molecule has 1 fully saturated rings. The van der Waals surface area contributed by atoms with E-state index < -0.39 is 6.04 Å². The predicted octanol–water partition coefficient (Wildman–Crippen LogP) is 2.82. The van der Waals surface area contributed by atoms with E-state index >= 15 is 0 Å². The quantitative estimate of drug-likeness (QED) is 0.785. The van der Waals surface area contributed by atoms with E-state index in [1.165, 1.54) is 0 Å². The number of hydrogen-bond acceptors (Lipinski definition) is 2. The maximum atomic E-state index is 12.5. The summed E-state index contributed by atoms with van der Waals surface area (Å²) in [5.41, 5.74) is 0.739. The number of hydrogen-bond donors (Lipinski definition) is 1. The van der Waals surface area contributed by atoms with Gasteiger partial charge in [-0.3, -0.25) is 9.59 Å². The third-order valence-electron chi connectivity index (χ3n) is 3.11. The van der Waals surface area contributed by atoms with Gasteiger partial charge in [0.15, 0.2) is 0 Å². The molecule has 1 heterocycles. The first kappa shape index (κ1) is 15.6. The Bertz CT molecular complexity index is 548. The summed E-state index contributed by atoms with van der Waals surface area (Å²) in [5, 5.41) is 3.39. The van der Waals surface area contributed by atoms with Gasteiger partial charge in [-0.15, -0.1) is 0 Å². The number of piperazine rings is 1. The van der Waals surface area contributed by atoms with Gasteiger partial charge in [-0.2, -0.15) is 0 Å². The fourth-order valence-corrected chi connectivity index (χ4v) is 3.41. The van der Waals surface area contributed by atoms with Crippen LogP contribution < -0.4 is 10.2 Å². The first-order chi connectivity index (χ1) is 9.38. The second kappa shape index (κ2) is 6.30. The summed E-state index contributed by atoms with van der Waals surface area (Å²) >= 11 is 8.06. The van der Waals surface area contributed by atoms with Gasteiger partial charge in [0, 0.05) is 8.59 Å². The van der Waals surface area contributed by atoms with Crippen LogP contribution in [-0.2, 0) is 9.59 Å². The second-order valence-electron chi connectivity index (χ2n) is 5.27. The van der Waals surface area contributed by atoms with Crippen molar-refractivity contribution in [2.24, 2.45) is 5.92 Å². The van der Waals surface area contributed by atoms with Crippen LogP contribution in [0.5, 0.6) is 0 Å². The number of benzene rings is 1. The van der Waals surface area contributed by atoms with Crippen LogP contribution in [0.15, 0.2) is 18.2 Å². The lowest BCUT2D eigenvalue weighted by molar-refractivity contribution is -0.131. The van der Waals surface area contributed by atoms with Gasteiger partial charge < -0.3 is 10.2 Å². The number of carbonyl (C=O) groups is 2. The molecule has 1 atom stereocenters. The molecule has 6 heteroatoms. The molecule has 2 amide bonds. The molecule has 0 spiro atoms. The Morgan fingerprint density at radius 3 is 2.75 bits per heavy atom. The molecule has 0 radical (unpaired) electrons. The standard InChI is InChI=1S/C14H16ClIN2O2/c1-8(2)5-11-14(20)18(7-13(19)17-11)12-4-3-9(15)6-10(12)16/h3-4,6,8,11H,5,7H2,1-2H3,(H,17,19). The summed E-state index contributed by atoms with van der Waals surface area (Å²) in [6.45, 7) is 4.12. The molecule has 108 valence electrons. The largest absolute Gasteiger partial charge is 0.343 e. The zero-order valence-corrected chi connectivity index (χ0v) is 14.2. The smallest absolute Gasteiger partial charge is 0.250 e. The van der Waals surface area contributed by atoms with Crippen LogP contribution >= 0.6 is 34.2 Å². The maximum absolute atomic E-state index is 12.5. The number of anilines is 1. The third kappa shape index (κ3) is 3.44. The molecule has 0 aliphatic carbocycles. The van der Waals surface area contributed by atoms with Crippen LogP contribution in [0.25, 0.3) is 0 Å². The number of carbonyl (C=O) groups excluding carboxylic acids is 2. The van der Waals surface area contributed by atoms with Crippen molar-refractivity contribution in [2.45, 2.75) is 26.3 Å². The van der Waals surface area contributed by atoms with Crippen molar-refractivity contribution < 1.29 is 9.59 Å². The monoisotopic (exact) mass is 406 g/mol. The number of amides is 2.